The smallest absolute Gasteiger partial charge is 0.255 e. The molecule has 0 saturated heterocycles. The summed E-state index contributed by atoms with van der Waals surface area (Å²) in [7, 11) is 0. The maximum atomic E-state index is 12.1. The highest BCUT2D eigenvalue weighted by Gasteiger charge is 2.18. The van der Waals surface area contributed by atoms with Gasteiger partial charge in [0.2, 0.25) is 0 Å². The summed E-state index contributed by atoms with van der Waals surface area (Å²) >= 11 is 5.72. The third kappa shape index (κ3) is 3.91. The van der Waals surface area contributed by atoms with E-state index in [0.29, 0.717) is 17.4 Å². The molecule has 2 N–H and O–H groups in total. The van der Waals surface area contributed by atoms with Gasteiger partial charge in [-0.15, -0.1) is 11.6 Å². The molecule has 0 aliphatic heterocycles. The van der Waals surface area contributed by atoms with Crippen LogP contribution in [-0.2, 0) is 0 Å². The lowest BCUT2D eigenvalue weighted by atomic mass is 10.0. The summed E-state index contributed by atoms with van der Waals surface area (Å²) in [6.07, 6.45) is 0.720. The minimum Gasteiger partial charge on any atom is -0.507 e. The maximum absolute atomic E-state index is 12.1. The highest BCUT2D eigenvalue weighted by Crippen LogP contribution is 2.19. The summed E-state index contributed by atoms with van der Waals surface area (Å²) < 4.78 is 0. The number of aryl methyl sites for hydroxylation is 1. The number of nitrogens with one attached hydrogen (secondary N) is 1. The van der Waals surface area contributed by atoms with E-state index in [4.69, 9.17) is 11.6 Å². The zero-order chi connectivity index (χ0) is 13.7. The van der Waals surface area contributed by atoms with Crippen LogP contribution in [-0.4, -0.2) is 22.9 Å². The quantitative estimate of drug-likeness (QED) is 0.807. The first-order valence-electron chi connectivity index (χ1n) is 6.12. The van der Waals surface area contributed by atoms with Crippen molar-refractivity contribution in [2.75, 3.05) is 5.88 Å². The number of halogens is 1. The number of hydrogen-bond donors (Lipinski definition) is 2. The van der Waals surface area contributed by atoms with Crippen LogP contribution in [0.25, 0.3) is 0 Å². The van der Waals surface area contributed by atoms with Gasteiger partial charge < -0.3 is 10.4 Å². The van der Waals surface area contributed by atoms with E-state index in [1.807, 2.05) is 20.8 Å². The number of carbonyl (C=O) groups excluding carboxylic acids is 1. The minimum absolute atomic E-state index is 0.0147. The van der Waals surface area contributed by atoms with Crippen molar-refractivity contribution in [3.8, 4) is 5.75 Å². The first-order chi connectivity index (χ1) is 8.45. The van der Waals surface area contributed by atoms with Crippen LogP contribution >= 0.6 is 11.6 Å². The first kappa shape index (κ1) is 14.8. The highest BCUT2D eigenvalue weighted by molar-refractivity contribution is 6.17. The number of aromatic hydroxyl groups is 1. The first-order valence-corrected chi connectivity index (χ1v) is 6.65. The molecule has 0 aliphatic carbocycles. The molecule has 0 aromatic heterocycles. The topological polar surface area (TPSA) is 49.3 Å². The number of carbonyl (C=O) groups is 1. The third-order valence-corrected chi connectivity index (χ3v) is 3.16. The van der Waals surface area contributed by atoms with Crippen molar-refractivity contribution < 1.29 is 9.90 Å². The van der Waals surface area contributed by atoms with E-state index in [-0.39, 0.29) is 17.7 Å². The molecule has 1 rings (SSSR count). The Bertz CT molecular complexity index is 418. The van der Waals surface area contributed by atoms with E-state index >= 15 is 0 Å². The van der Waals surface area contributed by atoms with Crippen LogP contribution in [0.1, 0.15) is 36.2 Å². The van der Waals surface area contributed by atoms with Gasteiger partial charge in [-0.05, 0) is 37.0 Å². The molecule has 0 fully saturated rings. The number of phenols is 1. The third-order valence-electron chi connectivity index (χ3n) is 2.94. The van der Waals surface area contributed by atoms with E-state index in [9.17, 15) is 9.90 Å². The number of benzene rings is 1. The zero-order valence-electron chi connectivity index (χ0n) is 11.0. The zero-order valence-corrected chi connectivity index (χ0v) is 11.8. The van der Waals surface area contributed by atoms with Gasteiger partial charge in [-0.25, -0.2) is 0 Å². The number of phenolic OH excluding ortho intramolecular Hbond substituents is 1. The fraction of sp³-hybridized carbons (Fsp3) is 0.500. The Hall–Kier alpha value is -1.22. The highest BCUT2D eigenvalue weighted by atomic mass is 35.5. The minimum atomic E-state index is -0.253. The second-order valence-electron chi connectivity index (χ2n) is 4.82. The Labute approximate surface area is 113 Å². The summed E-state index contributed by atoms with van der Waals surface area (Å²) in [6.45, 7) is 5.94. The van der Waals surface area contributed by atoms with Crippen LogP contribution in [0.15, 0.2) is 18.2 Å². The van der Waals surface area contributed by atoms with E-state index < -0.39 is 0 Å². The molecule has 0 spiro atoms. The van der Waals surface area contributed by atoms with Crippen molar-refractivity contribution in [3.63, 3.8) is 0 Å². The van der Waals surface area contributed by atoms with Gasteiger partial charge in [0.15, 0.2) is 0 Å². The van der Waals surface area contributed by atoms with Crippen molar-refractivity contribution in [3.05, 3.63) is 29.3 Å². The molecule has 4 heteroatoms. The summed E-state index contributed by atoms with van der Waals surface area (Å²) in [6, 6.07) is 5.05. The summed E-state index contributed by atoms with van der Waals surface area (Å²) in [5, 5.41) is 12.7. The Morgan fingerprint density at radius 3 is 2.61 bits per heavy atom. The predicted molar refractivity (Wildman–Crippen MR) is 74.3 cm³/mol. The van der Waals surface area contributed by atoms with Gasteiger partial charge in [-0.3, -0.25) is 4.79 Å². The summed E-state index contributed by atoms with van der Waals surface area (Å²) in [5.41, 5.74) is 1.23. The molecular formula is C14H20ClNO2. The summed E-state index contributed by atoms with van der Waals surface area (Å²) in [5.74, 6) is 0.570. The van der Waals surface area contributed by atoms with Gasteiger partial charge in [0.25, 0.3) is 5.91 Å². The lowest BCUT2D eigenvalue weighted by Crippen LogP contribution is -2.38. The molecule has 3 nitrogen and oxygen atoms in total. The average Bonchev–Trinajstić information content (AvgIpc) is 2.27. The van der Waals surface area contributed by atoms with Gasteiger partial charge in [0, 0.05) is 11.9 Å². The summed E-state index contributed by atoms with van der Waals surface area (Å²) in [4.78, 5) is 12.1. The molecule has 0 heterocycles. The fourth-order valence-electron chi connectivity index (χ4n) is 1.77. The molecule has 1 aromatic rings. The normalized spacial score (nSPS) is 12.5. The molecule has 0 radical (unpaired) electrons. The lowest BCUT2D eigenvalue weighted by molar-refractivity contribution is 0.0922. The Kier molecular flexibility index (Phi) is 5.48. The molecule has 0 aliphatic rings. The maximum Gasteiger partial charge on any atom is 0.255 e. The van der Waals surface area contributed by atoms with Crippen LogP contribution in [0.3, 0.4) is 0 Å². The van der Waals surface area contributed by atoms with Gasteiger partial charge in [0.1, 0.15) is 5.75 Å². The SMILES string of the molecule is Cc1ccc(C(=O)NC(CCCl)C(C)C)c(O)c1. The van der Waals surface area contributed by atoms with Crippen LogP contribution in [0.4, 0.5) is 0 Å². The van der Waals surface area contributed by atoms with Crippen molar-refractivity contribution in [2.24, 2.45) is 5.92 Å². The second-order valence-corrected chi connectivity index (χ2v) is 5.20. The molecule has 1 amide bonds. The largest absolute Gasteiger partial charge is 0.507 e. The van der Waals surface area contributed by atoms with E-state index in [1.165, 1.54) is 0 Å². The molecule has 0 saturated carbocycles. The van der Waals surface area contributed by atoms with Crippen molar-refractivity contribution in [2.45, 2.75) is 33.2 Å². The number of rotatable bonds is 5. The Balaban J connectivity index is 2.80. The molecule has 18 heavy (non-hydrogen) atoms. The van der Waals surface area contributed by atoms with Crippen molar-refractivity contribution in [1.29, 1.82) is 0 Å². The second kappa shape index (κ2) is 6.64. The Morgan fingerprint density at radius 1 is 1.44 bits per heavy atom. The van der Waals surface area contributed by atoms with Gasteiger partial charge >= 0.3 is 0 Å². The molecule has 100 valence electrons. The number of alkyl halides is 1. The monoisotopic (exact) mass is 269 g/mol. The molecule has 1 aromatic carbocycles. The molecule has 1 atom stereocenters. The Morgan fingerprint density at radius 2 is 2.11 bits per heavy atom. The lowest BCUT2D eigenvalue weighted by Gasteiger charge is -2.21. The van der Waals surface area contributed by atoms with Crippen LogP contribution in [0.5, 0.6) is 5.75 Å². The van der Waals surface area contributed by atoms with Crippen molar-refractivity contribution in [1.82, 2.24) is 5.32 Å². The van der Waals surface area contributed by atoms with Crippen LogP contribution < -0.4 is 5.32 Å². The van der Waals surface area contributed by atoms with Crippen LogP contribution in [0.2, 0.25) is 0 Å². The standard InChI is InChI=1S/C14H20ClNO2/c1-9(2)12(6-7-15)16-14(18)11-5-4-10(3)8-13(11)17/h4-5,8-9,12,17H,6-7H2,1-3H3,(H,16,18). The van der Waals surface area contributed by atoms with E-state index in [0.717, 1.165) is 12.0 Å². The molecule has 0 bridgehead atoms. The van der Waals surface area contributed by atoms with Gasteiger partial charge in [-0.2, -0.15) is 0 Å². The number of amides is 1. The molecular weight excluding hydrogens is 250 g/mol. The van der Waals surface area contributed by atoms with Crippen molar-refractivity contribution >= 4 is 17.5 Å². The predicted octanol–water partition coefficient (Wildman–Crippen LogP) is 3.08. The van der Waals surface area contributed by atoms with Gasteiger partial charge in [-0.1, -0.05) is 19.9 Å². The van der Waals surface area contributed by atoms with Crippen LogP contribution in [0, 0.1) is 12.8 Å². The fourth-order valence-corrected chi connectivity index (χ4v) is 2.00. The molecule has 1 unspecified atom stereocenters. The van der Waals surface area contributed by atoms with E-state index in [2.05, 4.69) is 5.32 Å². The van der Waals surface area contributed by atoms with E-state index in [1.54, 1.807) is 18.2 Å². The average molecular weight is 270 g/mol. The number of hydrogen-bond acceptors (Lipinski definition) is 2. The van der Waals surface area contributed by atoms with Gasteiger partial charge in [0.05, 0.1) is 5.56 Å².